The second kappa shape index (κ2) is 4.62. The molecule has 3 atom stereocenters. The van der Waals surface area contributed by atoms with Crippen molar-refractivity contribution < 1.29 is 18.0 Å². The molecule has 0 spiro atoms. The fourth-order valence-corrected chi connectivity index (χ4v) is 7.19. The topological polar surface area (TPSA) is 71.5 Å². The lowest BCUT2D eigenvalue weighted by Gasteiger charge is -2.37. The third-order valence-electron chi connectivity index (χ3n) is 6.33. The molecule has 1 saturated heterocycles. The molecule has 3 fully saturated rings. The number of hydrogen-bond acceptors (Lipinski definition) is 4. The lowest BCUT2D eigenvalue weighted by Crippen LogP contribution is -2.48. The largest absolute Gasteiger partial charge is 0.302 e. The SMILES string of the molecule is CC1(C)C2CC[C@@]1(CS(=O)(=O)N1CCC[C@H]1C=O)C(=O)C2. The van der Waals surface area contributed by atoms with Crippen LogP contribution in [0.5, 0.6) is 0 Å². The predicted molar refractivity (Wildman–Crippen MR) is 78.1 cm³/mol. The van der Waals surface area contributed by atoms with Crippen LogP contribution in [0, 0.1) is 16.7 Å². The first-order valence-corrected chi connectivity index (χ1v) is 9.34. The van der Waals surface area contributed by atoms with Gasteiger partial charge >= 0.3 is 0 Å². The molecule has 0 amide bonds. The van der Waals surface area contributed by atoms with Crippen molar-refractivity contribution in [1.29, 1.82) is 0 Å². The van der Waals surface area contributed by atoms with Gasteiger partial charge in [0.25, 0.3) is 0 Å². The number of carbonyl (C=O) groups is 2. The van der Waals surface area contributed by atoms with E-state index in [0.717, 1.165) is 19.1 Å². The number of aldehydes is 1. The van der Waals surface area contributed by atoms with E-state index in [0.29, 0.717) is 31.7 Å². The maximum atomic E-state index is 12.8. The van der Waals surface area contributed by atoms with Crippen LogP contribution < -0.4 is 0 Å². The number of ketones is 1. The molecule has 0 N–H and O–H groups in total. The highest BCUT2D eigenvalue weighted by atomic mass is 32.2. The molecular formula is C15H23NO4S. The zero-order chi connectivity index (χ0) is 15.5. The van der Waals surface area contributed by atoms with Gasteiger partial charge < -0.3 is 4.79 Å². The molecule has 6 heteroatoms. The standard InChI is InChI=1S/C15H23NO4S/c1-14(2)11-5-6-15(14,13(18)8-11)10-21(19,20)16-7-3-4-12(16)9-17/h9,11-12H,3-8,10H2,1-2H3/t11?,12-,15+/m0/s1. The van der Waals surface area contributed by atoms with Crippen molar-refractivity contribution in [2.45, 2.75) is 52.0 Å². The van der Waals surface area contributed by atoms with E-state index in [1.807, 2.05) is 13.8 Å². The van der Waals surface area contributed by atoms with Crippen molar-refractivity contribution >= 4 is 22.1 Å². The minimum Gasteiger partial charge on any atom is -0.302 e. The average molecular weight is 313 g/mol. The Bertz CT molecular complexity index is 582. The summed E-state index contributed by atoms with van der Waals surface area (Å²) in [7, 11) is -3.57. The van der Waals surface area contributed by atoms with Crippen LogP contribution in [0.15, 0.2) is 0 Å². The minimum absolute atomic E-state index is 0.106. The first-order chi connectivity index (χ1) is 9.74. The Morgan fingerprint density at radius 1 is 1.33 bits per heavy atom. The van der Waals surface area contributed by atoms with E-state index in [1.165, 1.54) is 4.31 Å². The van der Waals surface area contributed by atoms with Gasteiger partial charge in [-0.15, -0.1) is 0 Å². The monoisotopic (exact) mass is 313 g/mol. The molecule has 0 aromatic carbocycles. The van der Waals surface area contributed by atoms with Crippen LogP contribution in [0.4, 0.5) is 0 Å². The summed E-state index contributed by atoms with van der Waals surface area (Å²) < 4.78 is 26.9. The second-order valence-corrected chi connectivity index (χ2v) is 9.30. The third kappa shape index (κ3) is 1.95. The number of carbonyl (C=O) groups excluding carboxylic acids is 2. The Morgan fingerprint density at radius 2 is 2.05 bits per heavy atom. The summed E-state index contributed by atoms with van der Waals surface area (Å²) in [5, 5.41) is 0. The van der Waals surface area contributed by atoms with E-state index >= 15 is 0 Å². The maximum Gasteiger partial charge on any atom is 0.215 e. The fourth-order valence-electron chi connectivity index (χ4n) is 4.75. The minimum atomic E-state index is -3.57. The molecule has 21 heavy (non-hydrogen) atoms. The average Bonchev–Trinajstić information content (AvgIpc) is 3.01. The highest BCUT2D eigenvalue weighted by molar-refractivity contribution is 7.89. The molecule has 0 aromatic rings. The van der Waals surface area contributed by atoms with Gasteiger partial charge in [0.2, 0.25) is 10.0 Å². The Hall–Kier alpha value is -0.750. The zero-order valence-electron chi connectivity index (χ0n) is 12.7. The molecule has 118 valence electrons. The summed E-state index contributed by atoms with van der Waals surface area (Å²) in [4.78, 5) is 23.5. The van der Waals surface area contributed by atoms with Gasteiger partial charge in [-0.2, -0.15) is 4.31 Å². The molecule has 1 aliphatic heterocycles. The van der Waals surface area contributed by atoms with Crippen LogP contribution in [0.1, 0.15) is 46.0 Å². The van der Waals surface area contributed by atoms with Gasteiger partial charge in [-0.3, -0.25) is 4.79 Å². The van der Waals surface area contributed by atoms with Gasteiger partial charge in [-0.1, -0.05) is 13.8 Å². The number of fused-ring (bicyclic) bond motifs is 2. The van der Waals surface area contributed by atoms with Gasteiger partial charge in [0.1, 0.15) is 12.1 Å². The van der Waals surface area contributed by atoms with Gasteiger partial charge in [0.05, 0.1) is 11.8 Å². The predicted octanol–water partition coefficient (Wildman–Crippen LogP) is 1.37. The summed E-state index contributed by atoms with van der Waals surface area (Å²) in [6.07, 6.45) is 4.15. The smallest absolute Gasteiger partial charge is 0.215 e. The van der Waals surface area contributed by atoms with E-state index in [9.17, 15) is 18.0 Å². The number of nitrogens with zero attached hydrogens (tertiary/aromatic N) is 1. The van der Waals surface area contributed by atoms with Gasteiger partial charge in [0.15, 0.2) is 0 Å². The van der Waals surface area contributed by atoms with E-state index < -0.39 is 21.5 Å². The Balaban J connectivity index is 1.92. The number of hydrogen-bond donors (Lipinski definition) is 0. The Kier molecular flexibility index (Phi) is 3.34. The molecule has 1 heterocycles. The van der Waals surface area contributed by atoms with Crippen LogP contribution >= 0.6 is 0 Å². The molecule has 2 saturated carbocycles. The molecule has 0 aromatic heterocycles. The van der Waals surface area contributed by atoms with Crippen molar-refractivity contribution in [1.82, 2.24) is 4.31 Å². The van der Waals surface area contributed by atoms with Gasteiger partial charge in [-0.05, 0) is 37.0 Å². The van der Waals surface area contributed by atoms with Crippen molar-refractivity contribution in [2.24, 2.45) is 16.7 Å². The molecule has 3 aliphatic rings. The molecule has 1 unspecified atom stereocenters. The van der Waals surface area contributed by atoms with E-state index in [2.05, 4.69) is 0 Å². The molecule has 0 radical (unpaired) electrons. The van der Waals surface area contributed by atoms with Gasteiger partial charge in [0, 0.05) is 18.4 Å². The van der Waals surface area contributed by atoms with E-state index in [4.69, 9.17) is 0 Å². The Morgan fingerprint density at radius 3 is 2.57 bits per heavy atom. The van der Waals surface area contributed by atoms with E-state index in [1.54, 1.807) is 0 Å². The van der Waals surface area contributed by atoms with Crippen LogP contribution in [0.2, 0.25) is 0 Å². The van der Waals surface area contributed by atoms with E-state index in [-0.39, 0.29) is 17.0 Å². The van der Waals surface area contributed by atoms with Crippen molar-refractivity contribution in [3.63, 3.8) is 0 Å². The number of sulfonamides is 1. The molecule has 2 bridgehead atoms. The molecule has 5 nitrogen and oxygen atoms in total. The van der Waals surface area contributed by atoms with Crippen molar-refractivity contribution in [2.75, 3.05) is 12.3 Å². The number of rotatable bonds is 4. The summed E-state index contributed by atoms with van der Waals surface area (Å²) in [5.74, 6) is 0.293. The highest BCUT2D eigenvalue weighted by Crippen LogP contribution is 2.64. The van der Waals surface area contributed by atoms with Crippen LogP contribution in [0.25, 0.3) is 0 Å². The van der Waals surface area contributed by atoms with Crippen molar-refractivity contribution in [3.05, 3.63) is 0 Å². The summed E-state index contributed by atoms with van der Waals surface area (Å²) in [6.45, 7) is 4.47. The lowest BCUT2D eigenvalue weighted by molar-refractivity contribution is -0.128. The second-order valence-electron chi connectivity index (χ2n) is 7.38. The first-order valence-electron chi connectivity index (χ1n) is 7.73. The fraction of sp³-hybridized carbons (Fsp3) is 0.867. The molecular weight excluding hydrogens is 290 g/mol. The van der Waals surface area contributed by atoms with Crippen LogP contribution in [0.3, 0.4) is 0 Å². The van der Waals surface area contributed by atoms with Crippen LogP contribution in [-0.4, -0.2) is 43.1 Å². The van der Waals surface area contributed by atoms with Crippen molar-refractivity contribution in [3.8, 4) is 0 Å². The third-order valence-corrected chi connectivity index (χ3v) is 8.36. The summed E-state index contributed by atoms with van der Waals surface area (Å²) in [5.41, 5.74) is -1.000. The summed E-state index contributed by atoms with van der Waals surface area (Å²) in [6, 6.07) is -0.539. The number of Topliss-reactive ketones (excluding diaryl/α,β-unsaturated/α-hetero) is 1. The highest BCUT2D eigenvalue weighted by Gasteiger charge is 2.65. The zero-order valence-corrected chi connectivity index (χ0v) is 13.5. The Labute approximate surface area is 126 Å². The first kappa shape index (κ1) is 15.2. The summed E-state index contributed by atoms with van der Waals surface area (Å²) >= 11 is 0. The molecule has 3 rings (SSSR count). The molecule has 2 aliphatic carbocycles. The van der Waals surface area contributed by atoms with Gasteiger partial charge in [-0.25, -0.2) is 8.42 Å². The normalized spacial score (nSPS) is 39.0. The lowest BCUT2D eigenvalue weighted by atomic mass is 9.70. The quantitative estimate of drug-likeness (QED) is 0.735. The van der Waals surface area contributed by atoms with Crippen LogP contribution in [-0.2, 0) is 19.6 Å². The maximum absolute atomic E-state index is 12.8.